The summed E-state index contributed by atoms with van der Waals surface area (Å²) >= 11 is 0. The second-order valence-corrected chi connectivity index (χ2v) is 8.76. The SMILES string of the molecule is O=C(NCCCc1cn[nH]c1)c1ccc(N2CCC(C(F)(F)F)CC2)c(C#Cc2ccc(F)cc2)c1. The van der Waals surface area contributed by atoms with Crippen molar-refractivity contribution in [3.8, 4) is 11.8 Å². The van der Waals surface area contributed by atoms with E-state index < -0.39 is 12.1 Å². The van der Waals surface area contributed by atoms with Gasteiger partial charge in [-0.25, -0.2) is 4.39 Å². The van der Waals surface area contributed by atoms with Gasteiger partial charge in [-0.3, -0.25) is 9.89 Å². The summed E-state index contributed by atoms with van der Waals surface area (Å²) in [5, 5.41) is 9.54. The number of anilines is 1. The Morgan fingerprint density at radius 1 is 1.11 bits per heavy atom. The van der Waals surface area contributed by atoms with Crippen molar-refractivity contribution in [3.05, 3.63) is 82.9 Å². The van der Waals surface area contributed by atoms with Crippen LogP contribution >= 0.6 is 0 Å². The number of hydrogen-bond acceptors (Lipinski definition) is 3. The number of aromatic amines is 1. The first kappa shape index (κ1) is 25.3. The van der Waals surface area contributed by atoms with Crippen molar-refractivity contribution in [1.82, 2.24) is 15.5 Å². The molecule has 2 N–H and O–H groups in total. The lowest BCUT2D eigenvalue weighted by Gasteiger charge is -2.35. The number of halogens is 4. The molecule has 1 aliphatic heterocycles. The Morgan fingerprint density at radius 2 is 1.86 bits per heavy atom. The van der Waals surface area contributed by atoms with Crippen LogP contribution in [0, 0.1) is 23.6 Å². The van der Waals surface area contributed by atoms with Crippen LogP contribution in [0.1, 0.15) is 46.3 Å². The van der Waals surface area contributed by atoms with Crippen molar-refractivity contribution in [2.45, 2.75) is 31.9 Å². The average Bonchev–Trinajstić information content (AvgIpc) is 3.39. The van der Waals surface area contributed by atoms with E-state index in [4.69, 9.17) is 0 Å². The molecule has 0 bridgehead atoms. The van der Waals surface area contributed by atoms with E-state index in [0.717, 1.165) is 18.4 Å². The molecule has 5 nitrogen and oxygen atoms in total. The molecule has 0 spiro atoms. The summed E-state index contributed by atoms with van der Waals surface area (Å²) in [7, 11) is 0. The van der Waals surface area contributed by atoms with E-state index in [9.17, 15) is 22.4 Å². The quantitative estimate of drug-likeness (QED) is 0.283. The van der Waals surface area contributed by atoms with Gasteiger partial charge in [0.2, 0.25) is 0 Å². The molecule has 188 valence electrons. The Hall–Kier alpha value is -3.80. The Morgan fingerprint density at radius 3 is 2.53 bits per heavy atom. The van der Waals surface area contributed by atoms with Gasteiger partial charge in [0.15, 0.2) is 0 Å². The molecule has 4 rings (SSSR count). The number of nitrogens with one attached hydrogen (secondary N) is 2. The third-order valence-corrected chi connectivity index (χ3v) is 6.23. The topological polar surface area (TPSA) is 61.0 Å². The number of alkyl halides is 3. The van der Waals surface area contributed by atoms with Gasteiger partial charge in [-0.1, -0.05) is 11.8 Å². The smallest absolute Gasteiger partial charge is 0.370 e. The normalized spacial score (nSPS) is 14.3. The van der Waals surface area contributed by atoms with Crippen LogP contribution in [0.4, 0.5) is 23.2 Å². The number of amides is 1. The molecule has 0 radical (unpaired) electrons. The van der Waals surface area contributed by atoms with Crippen LogP contribution in [-0.4, -0.2) is 41.9 Å². The van der Waals surface area contributed by atoms with Crippen LogP contribution in [0.3, 0.4) is 0 Å². The van der Waals surface area contributed by atoms with Crippen LogP contribution in [-0.2, 0) is 6.42 Å². The predicted molar refractivity (Wildman–Crippen MR) is 129 cm³/mol. The molecule has 1 fully saturated rings. The fourth-order valence-electron chi connectivity index (χ4n) is 4.18. The summed E-state index contributed by atoms with van der Waals surface area (Å²) < 4.78 is 52.6. The molecular formula is C27H26F4N4O. The van der Waals surface area contributed by atoms with E-state index in [2.05, 4.69) is 27.4 Å². The van der Waals surface area contributed by atoms with Crippen LogP contribution < -0.4 is 10.2 Å². The second-order valence-electron chi connectivity index (χ2n) is 8.76. The Kier molecular flexibility index (Phi) is 7.93. The molecule has 36 heavy (non-hydrogen) atoms. The van der Waals surface area contributed by atoms with Gasteiger partial charge in [0, 0.05) is 42.5 Å². The molecule has 1 amide bonds. The molecule has 1 aromatic heterocycles. The van der Waals surface area contributed by atoms with E-state index in [1.165, 1.54) is 12.1 Å². The average molecular weight is 499 g/mol. The zero-order valence-electron chi connectivity index (χ0n) is 19.5. The lowest BCUT2D eigenvalue weighted by atomic mass is 9.95. The molecule has 0 saturated carbocycles. The number of aromatic nitrogens is 2. The highest BCUT2D eigenvalue weighted by Gasteiger charge is 2.41. The minimum absolute atomic E-state index is 0.00717. The lowest BCUT2D eigenvalue weighted by Crippen LogP contribution is -2.39. The fraction of sp³-hybridized carbons (Fsp3) is 0.333. The summed E-state index contributed by atoms with van der Waals surface area (Å²) in [4.78, 5) is 14.6. The van der Waals surface area contributed by atoms with E-state index in [0.29, 0.717) is 28.9 Å². The van der Waals surface area contributed by atoms with Gasteiger partial charge in [0.1, 0.15) is 5.82 Å². The number of hydrogen-bond donors (Lipinski definition) is 2. The van der Waals surface area contributed by atoms with Crippen LogP contribution in [0.5, 0.6) is 0 Å². The first-order chi connectivity index (χ1) is 17.3. The molecule has 3 aromatic rings. The van der Waals surface area contributed by atoms with Crippen LogP contribution in [0.15, 0.2) is 54.9 Å². The van der Waals surface area contributed by atoms with E-state index >= 15 is 0 Å². The third kappa shape index (κ3) is 6.66. The maximum atomic E-state index is 13.2. The monoisotopic (exact) mass is 498 g/mol. The molecule has 2 aromatic carbocycles. The number of H-pyrrole nitrogens is 1. The van der Waals surface area contributed by atoms with Gasteiger partial charge in [-0.15, -0.1) is 0 Å². The molecule has 2 heterocycles. The summed E-state index contributed by atoms with van der Waals surface area (Å²) in [5.74, 6) is 4.07. The number of rotatable bonds is 6. The van der Waals surface area contributed by atoms with Crippen molar-refractivity contribution >= 4 is 11.6 Å². The molecule has 1 saturated heterocycles. The van der Waals surface area contributed by atoms with E-state index in [1.807, 2.05) is 11.1 Å². The molecular weight excluding hydrogens is 472 g/mol. The van der Waals surface area contributed by atoms with Crippen LogP contribution in [0.25, 0.3) is 0 Å². The molecule has 0 unspecified atom stereocenters. The van der Waals surface area contributed by atoms with Crippen molar-refractivity contribution < 1.29 is 22.4 Å². The number of carbonyl (C=O) groups is 1. The van der Waals surface area contributed by atoms with Crippen molar-refractivity contribution in [2.75, 3.05) is 24.5 Å². The first-order valence-corrected chi connectivity index (χ1v) is 11.8. The zero-order valence-corrected chi connectivity index (χ0v) is 19.5. The lowest BCUT2D eigenvalue weighted by molar-refractivity contribution is -0.179. The summed E-state index contributed by atoms with van der Waals surface area (Å²) in [6.07, 6.45) is 0.887. The molecule has 0 aliphatic carbocycles. The van der Waals surface area contributed by atoms with Gasteiger partial charge in [0.25, 0.3) is 5.91 Å². The summed E-state index contributed by atoms with van der Waals surface area (Å²) in [6.45, 7) is 0.969. The molecule has 9 heteroatoms. The maximum absolute atomic E-state index is 13.2. The Labute approximate surface area is 206 Å². The van der Waals surface area contributed by atoms with Gasteiger partial charge < -0.3 is 10.2 Å². The highest BCUT2D eigenvalue weighted by Crippen LogP contribution is 2.36. The highest BCUT2D eigenvalue weighted by molar-refractivity contribution is 5.95. The number of aryl methyl sites for hydroxylation is 1. The van der Waals surface area contributed by atoms with Crippen molar-refractivity contribution in [1.29, 1.82) is 0 Å². The Bertz CT molecular complexity index is 1220. The second kappa shape index (κ2) is 11.3. The van der Waals surface area contributed by atoms with E-state index in [1.54, 1.807) is 36.5 Å². The Balaban J connectivity index is 1.50. The number of nitrogens with zero attached hydrogens (tertiary/aromatic N) is 2. The van der Waals surface area contributed by atoms with Gasteiger partial charge >= 0.3 is 6.18 Å². The zero-order chi connectivity index (χ0) is 25.5. The van der Waals surface area contributed by atoms with E-state index in [-0.39, 0.29) is 37.7 Å². The molecule has 0 atom stereocenters. The number of carbonyl (C=O) groups excluding carboxylic acids is 1. The van der Waals surface area contributed by atoms with Gasteiger partial charge in [0.05, 0.1) is 17.8 Å². The maximum Gasteiger partial charge on any atom is 0.391 e. The van der Waals surface area contributed by atoms with Crippen molar-refractivity contribution in [3.63, 3.8) is 0 Å². The summed E-state index contributed by atoms with van der Waals surface area (Å²) in [6, 6.07) is 10.8. The molecule has 1 aliphatic rings. The minimum atomic E-state index is -4.20. The fourth-order valence-corrected chi connectivity index (χ4v) is 4.18. The predicted octanol–water partition coefficient (Wildman–Crippen LogP) is 5.09. The standard InChI is InChI=1S/C27H26F4N4O/c28-24-8-4-19(5-9-24)3-6-21-16-22(26(36)32-13-1-2-20-17-33-34-18-20)7-10-25(21)35-14-11-23(12-15-35)27(29,30)31/h4-5,7-10,16-18,23H,1-2,11-15H2,(H,32,36)(H,33,34). The highest BCUT2D eigenvalue weighted by atomic mass is 19.4. The number of piperidine rings is 1. The third-order valence-electron chi connectivity index (χ3n) is 6.23. The largest absolute Gasteiger partial charge is 0.391 e. The van der Waals surface area contributed by atoms with Crippen LogP contribution in [0.2, 0.25) is 0 Å². The van der Waals surface area contributed by atoms with Gasteiger partial charge in [-0.05, 0) is 73.7 Å². The van der Waals surface area contributed by atoms with Gasteiger partial charge in [-0.2, -0.15) is 18.3 Å². The first-order valence-electron chi connectivity index (χ1n) is 11.8. The minimum Gasteiger partial charge on any atom is -0.370 e. The summed E-state index contributed by atoms with van der Waals surface area (Å²) in [5.41, 5.74) is 3.28. The van der Waals surface area contributed by atoms with Crippen molar-refractivity contribution in [2.24, 2.45) is 5.92 Å². The number of benzene rings is 2.